The Morgan fingerprint density at radius 3 is 1.39 bits per heavy atom. The fourth-order valence-corrected chi connectivity index (χ4v) is 7.65. The number of benzene rings is 3. The van der Waals surface area contributed by atoms with Crippen LogP contribution in [0.5, 0.6) is 0 Å². The van der Waals surface area contributed by atoms with Gasteiger partial charge in [0.2, 0.25) is 0 Å². The predicted octanol–water partition coefficient (Wildman–Crippen LogP) is 2.19. The summed E-state index contributed by atoms with van der Waals surface area (Å²) in [7, 11) is 0. The molecular weight excluding hydrogens is 753 g/mol. The van der Waals surface area contributed by atoms with Crippen LogP contribution in [-0.2, 0) is 15.9 Å². The number of halogens is 2. The van der Waals surface area contributed by atoms with Gasteiger partial charge in [0.05, 0.1) is 37.4 Å². The van der Waals surface area contributed by atoms with Gasteiger partial charge >= 0.3 is 6.09 Å². The third-order valence-corrected chi connectivity index (χ3v) is 11.0. The van der Waals surface area contributed by atoms with Gasteiger partial charge in [-0.15, -0.1) is 0 Å². The zero-order valence-corrected chi connectivity index (χ0v) is 36.9. The van der Waals surface area contributed by atoms with Crippen molar-refractivity contribution in [1.82, 2.24) is 4.90 Å². The molecule has 0 aromatic heterocycles. The zero-order chi connectivity index (χ0) is 39.5. The summed E-state index contributed by atoms with van der Waals surface area (Å²) in [5.74, 6) is 1.89. The summed E-state index contributed by atoms with van der Waals surface area (Å²) < 4.78 is 5.44. The molecule has 57 heavy (non-hydrogen) atoms. The highest BCUT2D eigenvalue weighted by molar-refractivity contribution is 5.68. The Balaban J connectivity index is 0.000000428. The number of ether oxygens (including phenoxy) is 1. The highest BCUT2D eigenvalue weighted by atomic mass is 35.5. The van der Waals surface area contributed by atoms with E-state index in [-0.39, 0.29) is 38.3 Å². The van der Waals surface area contributed by atoms with E-state index in [1.54, 1.807) is 18.7 Å². The summed E-state index contributed by atoms with van der Waals surface area (Å²) in [5.41, 5.74) is 6.56. The molecule has 6 N–H and O–H groups in total. The maximum Gasteiger partial charge on any atom is 0.410 e. The molecule has 3 saturated heterocycles. The Morgan fingerprint density at radius 1 is 0.649 bits per heavy atom. The van der Waals surface area contributed by atoms with Crippen LogP contribution in [0.25, 0.3) is 5.57 Å². The van der Waals surface area contributed by atoms with E-state index in [0.29, 0.717) is 24.9 Å². The minimum absolute atomic E-state index is 0. The van der Waals surface area contributed by atoms with E-state index in [2.05, 4.69) is 78.7 Å². The highest BCUT2D eigenvalue weighted by Gasteiger charge is 2.28. The number of carbonyl (C=O) groups is 1. The number of nitrogens with zero attached hydrogens (tertiary/aromatic N) is 1. The van der Waals surface area contributed by atoms with Crippen LogP contribution in [0.1, 0.15) is 152 Å². The fourth-order valence-electron chi connectivity index (χ4n) is 7.65. The highest BCUT2D eigenvalue weighted by Crippen LogP contribution is 2.32. The Bertz CT molecular complexity index is 1640. The van der Waals surface area contributed by atoms with Crippen LogP contribution in [0.3, 0.4) is 0 Å². The number of hydrogen-bond donors (Lipinski definition) is 4. The zero-order valence-electron chi connectivity index (χ0n) is 35.4. The van der Waals surface area contributed by atoms with Gasteiger partial charge in [-0.2, -0.15) is 0 Å². The van der Waals surface area contributed by atoms with Gasteiger partial charge in [-0.05, 0) is 119 Å². The van der Waals surface area contributed by atoms with Crippen LogP contribution < -0.4 is 35.4 Å². The van der Waals surface area contributed by atoms with Crippen molar-refractivity contribution < 1.29 is 55.2 Å². The van der Waals surface area contributed by atoms with E-state index in [9.17, 15) is 15.0 Å². The molecule has 3 fully saturated rings. The van der Waals surface area contributed by atoms with Gasteiger partial charge in [-0.1, -0.05) is 92.4 Å². The molecule has 3 aliphatic rings. The second-order valence-corrected chi connectivity index (χ2v) is 17.8. The molecule has 0 spiro atoms. The van der Waals surface area contributed by atoms with Crippen LogP contribution >= 0.6 is 0 Å². The molecule has 0 unspecified atom stereocenters. The Hall–Kier alpha value is -2.91. The minimum atomic E-state index is -0.826. The van der Waals surface area contributed by atoms with Crippen molar-refractivity contribution >= 4 is 11.7 Å². The fraction of sp³-hybridized carbons (Fsp3) is 0.562. The molecule has 0 bridgehead atoms. The van der Waals surface area contributed by atoms with Crippen molar-refractivity contribution in [3.63, 3.8) is 0 Å². The SMILES string of the molecule is C.C=C(C)c1cccc(C2CC[NH2+]CC2)c1.CC(C)(C)OC(=O)N1CCC(c2cccc(C(C)(C)O)c2)CC1.CC(C)(O)c1cccc(C2CC[NH2+]CC2)c1.[Cl-].[Cl-]. The lowest BCUT2D eigenvalue weighted by atomic mass is 9.86. The summed E-state index contributed by atoms with van der Waals surface area (Å²) in [6.07, 6.45) is 6.79. The maximum absolute atomic E-state index is 12.1. The number of likely N-dealkylation sites (tertiary alicyclic amines) is 1. The molecule has 7 nitrogen and oxygen atoms in total. The summed E-state index contributed by atoms with van der Waals surface area (Å²) >= 11 is 0. The van der Waals surface area contributed by atoms with E-state index in [0.717, 1.165) is 29.9 Å². The van der Waals surface area contributed by atoms with Crippen LogP contribution in [0.4, 0.5) is 4.79 Å². The van der Waals surface area contributed by atoms with Gasteiger partial charge in [0.15, 0.2) is 0 Å². The predicted molar refractivity (Wildman–Crippen MR) is 228 cm³/mol. The van der Waals surface area contributed by atoms with Crippen molar-refractivity contribution in [1.29, 1.82) is 0 Å². The third-order valence-electron chi connectivity index (χ3n) is 11.0. The van der Waals surface area contributed by atoms with E-state index >= 15 is 0 Å². The van der Waals surface area contributed by atoms with Crippen LogP contribution in [0.2, 0.25) is 0 Å². The first-order valence-corrected chi connectivity index (χ1v) is 20.4. The molecule has 9 heteroatoms. The van der Waals surface area contributed by atoms with E-state index < -0.39 is 16.8 Å². The number of quaternary nitrogens is 2. The molecule has 6 rings (SSSR count). The van der Waals surface area contributed by atoms with E-state index in [1.807, 2.05) is 52.8 Å². The number of piperidine rings is 3. The first-order chi connectivity index (χ1) is 25.4. The number of allylic oxidation sites excluding steroid dienone is 1. The smallest absolute Gasteiger partial charge is 0.410 e. The summed E-state index contributed by atoms with van der Waals surface area (Å²) in [5, 5.41) is 25.0. The van der Waals surface area contributed by atoms with Crippen LogP contribution in [0, 0.1) is 0 Å². The molecule has 1 amide bonds. The van der Waals surface area contributed by atoms with E-state index in [4.69, 9.17) is 4.74 Å². The number of aliphatic hydroxyl groups is 2. The van der Waals surface area contributed by atoms with Crippen molar-refractivity contribution in [2.45, 2.75) is 136 Å². The van der Waals surface area contributed by atoms with Gasteiger partial charge in [0.1, 0.15) is 5.60 Å². The molecule has 3 aromatic rings. The van der Waals surface area contributed by atoms with Gasteiger partial charge < -0.3 is 55.3 Å². The van der Waals surface area contributed by atoms with Crippen molar-refractivity contribution in [2.24, 2.45) is 0 Å². The lowest BCUT2D eigenvalue weighted by molar-refractivity contribution is -0.663. The maximum atomic E-state index is 12.1. The van der Waals surface area contributed by atoms with Crippen molar-refractivity contribution in [2.75, 3.05) is 39.3 Å². The molecule has 0 atom stereocenters. The largest absolute Gasteiger partial charge is 1.00 e. The molecule has 0 saturated carbocycles. The lowest BCUT2D eigenvalue weighted by Crippen LogP contribution is -3.00. The second kappa shape index (κ2) is 23.6. The normalized spacial score (nSPS) is 16.8. The van der Waals surface area contributed by atoms with Gasteiger partial charge in [-0.25, -0.2) is 4.79 Å². The van der Waals surface area contributed by atoms with E-state index in [1.165, 1.54) is 79.7 Å². The summed E-state index contributed by atoms with van der Waals surface area (Å²) in [6.45, 7) is 25.5. The number of nitrogens with two attached hydrogens (primary N) is 2. The summed E-state index contributed by atoms with van der Waals surface area (Å²) in [6, 6.07) is 25.5. The number of hydrogen-bond acceptors (Lipinski definition) is 4. The Morgan fingerprint density at radius 2 is 1.02 bits per heavy atom. The molecule has 0 aliphatic carbocycles. The number of amides is 1. The second-order valence-electron chi connectivity index (χ2n) is 17.8. The minimum Gasteiger partial charge on any atom is -1.00 e. The first-order valence-electron chi connectivity index (χ1n) is 20.4. The first kappa shape index (κ1) is 52.1. The quantitative estimate of drug-likeness (QED) is 0.307. The lowest BCUT2D eigenvalue weighted by Gasteiger charge is -2.34. The van der Waals surface area contributed by atoms with Gasteiger partial charge in [-0.3, -0.25) is 0 Å². The molecule has 320 valence electrons. The summed E-state index contributed by atoms with van der Waals surface area (Å²) in [4.78, 5) is 13.9. The number of carbonyl (C=O) groups excluding carboxylic acids is 1. The Labute approximate surface area is 358 Å². The van der Waals surface area contributed by atoms with Crippen LogP contribution in [0.15, 0.2) is 79.4 Å². The van der Waals surface area contributed by atoms with Crippen LogP contribution in [-0.4, -0.2) is 66.1 Å². The number of rotatable bonds is 6. The van der Waals surface area contributed by atoms with Crippen molar-refractivity contribution in [3.05, 3.63) is 113 Å². The van der Waals surface area contributed by atoms with Gasteiger partial charge in [0, 0.05) is 38.8 Å². The molecule has 0 radical (unpaired) electrons. The van der Waals surface area contributed by atoms with Gasteiger partial charge in [0.25, 0.3) is 0 Å². The molecule has 3 heterocycles. The monoisotopic (exact) mass is 828 g/mol. The molecule has 3 aromatic carbocycles. The standard InChI is InChI=1S/C19H29NO3.C14H21NO.C14H19N.CH4.2ClH/c1-18(2,3)23-17(21)20-11-9-14(10-12-20)15-7-6-8-16(13-15)19(4,5)22;1-14(2,16)13-5-3-4-12(10-13)11-6-8-15-9-7-11;1-11(2)13-4-3-5-14(10-13)12-6-8-15-9-7-12;;;/h6-8,13-14,22H,9-12H2,1-5H3;3-5,10-11,15-16H,6-9H2,1-2H3;3-5,10,12,15H,1,6-9H2,2H3;1H4;2*1H. The molecule has 3 aliphatic heterocycles. The third kappa shape index (κ3) is 17.1. The average molecular weight is 829 g/mol. The Kier molecular flexibility index (Phi) is 21.6. The molecular formula is C48H75Cl2N3O4. The van der Waals surface area contributed by atoms with Crippen molar-refractivity contribution in [3.8, 4) is 0 Å². The average Bonchev–Trinajstić information content (AvgIpc) is 3.15. The topological polar surface area (TPSA) is 103 Å².